The molecule has 2 aromatic rings. The van der Waals surface area contributed by atoms with Crippen molar-refractivity contribution in [1.29, 1.82) is 0 Å². The van der Waals surface area contributed by atoms with E-state index >= 15 is 0 Å². The van der Waals surface area contributed by atoms with E-state index in [0.29, 0.717) is 0 Å². The molecule has 3 heteroatoms. The first-order valence-corrected chi connectivity index (χ1v) is 6.83. The molecule has 0 N–H and O–H groups in total. The molecule has 3 nitrogen and oxygen atoms in total. The van der Waals surface area contributed by atoms with Gasteiger partial charge in [0.25, 0.3) is 0 Å². The Morgan fingerprint density at radius 1 is 1.10 bits per heavy atom. The first-order valence-electron chi connectivity index (χ1n) is 6.83. The van der Waals surface area contributed by atoms with Gasteiger partial charge in [0.15, 0.2) is 5.78 Å². The Morgan fingerprint density at radius 2 is 1.80 bits per heavy atom. The lowest BCUT2D eigenvalue weighted by atomic mass is 9.91. The second-order valence-electron chi connectivity index (χ2n) is 5.13. The number of hydrogen-bond acceptors (Lipinski definition) is 3. The van der Waals surface area contributed by atoms with Gasteiger partial charge in [0.1, 0.15) is 0 Å². The molecular formula is C17H20N2O. The fourth-order valence-electron chi connectivity index (χ4n) is 2.19. The van der Waals surface area contributed by atoms with Crippen molar-refractivity contribution in [3.05, 3.63) is 66.0 Å². The van der Waals surface area contributed by atoms with Crippen LogP contribution in [0.1, 0.15) is 28.4 Å². The van der Waals surface area contributed by atoms with Crippen LogP contribution in [0.3, 0.4) is 0 Å². The fraction of sp³-hybridized carbons (Fsp3) is 0.294. The Hall–Kier alpha value is -2.00. The molecule has 0 amide bonds. The third-order valence-electron chi connectivity index (χ3n) is 3.28. The Labute approximate surface area is 120 Å². The number of ketones is 1. The molecule has 0 bridgehead atoms. The fourth-order valence-corrected chi connectivity index (χ4v) is 2.19. The van der Waals surface area contributed by atoms with Gasteiger partial charge in [0.2, 0.25) is 0 Å². The summed E-state index contributed by atoms with van der Waals surface area (Å²) in [6.07, 6.45) is 2.52. The van der Waals surface area contributed by atoms with Crippen LogP contribution in [0.15, 0.2) is 54.7 Å². The summed E-state index contributed by atoms with van der Waals surface area (Å²) in [7, 11) is 4.03. The predicted octanol–water partition coefficient (Wildman–Crippen LogP) is 3.00. The van der Waals surface area contributed by atoms with Crippen LogP contribution in [0.25, 0.3) is 0 Å². The first-order chi connectivity index (χ1) is 9.68. The lowest BCUT2D eigenvalue weighted by Gasteiger charge is -2.18. The van der Waals surface area contributed by atoms with Crippen LogP contribution >= 0.6 is 0 Å². The molecule has 1 aromatic heterocycles. The maximum absolute atomic E-state index is 12.7. The second-order valence-corrected chi connectivity index (χ2v) is 5.13. The SMILES string of the molecule is CN(C)CC[C@H](C(=O)c1ccccc1)c1ccccn1. The van der Waals surface area contributed by atoms with Crippen LogP contribution in [0.2, 0.25) is 0 Å². The van der Waals surface area contributed by atoms with Gasteiger partial charge in [-0.15, -0.1) is 0 Å². The van der Waals surface area contributed by atoms with E-state index in [2.05, 4.69) is 9.88 Å². The van der Waals surface area contributed by atoms with Crippen LogP contribution in [0.5, 0.6) is 0 Å². The quantitative estimate of drug-likeness (QED) is 0.755. The Balaban J connectivity index is 2.25. The standard InChI is InChI=1S/C17H20N2O/c1-19(2)13-11-15(16-10-6-7-12-18-16)17(20)14-8-4-3-5-9-14/h3-10,12,15H,11,13H2,1-2H3/t15-/m0/s1. The largest absolute Gasteiger partial charge is 0.309 e. The molecule has 0 saturated carbocycles. The number of Topliss-reactive ketones (excluding diaryl/α,β-unsaturated/α-hetero) is 1. The van der Waals surface area contributed by atoms with E-state index in [1.54, 1.807) is 6.20 Å². The third-order valence-corrected chi connectivity index (χ3v) is 3.28. The monoisotopic (exact) mass is 268 g/mol. The van der Waals surface area contributed by atoms with Crippen molar-refractivity contribution < 1.29 is 4.79 Å². The van der Waals surface area contributed by atoms with Crippen molar-refractivity contribution in [2.45, 2.75) is 12.3 Å². The molecule has 2 rings (SSSR count). The van der Waals surface area contributed by atoms with Crippen LogP contribution in [-0.4, -0.2) is 36.3 Å². The number of aromatic nitrogens is 1. The highest BCUT2D eigenvalue weighted by molar-refractivity contribution is 6.00. The minimum Gasteiger partial charge on any atom is -0.309 e. The van der Waals surface area contributed by atoms with Gasteiger partial charge in [0, 0.05) is 11.8 Å². The van der Waals surface area contributed by atoms with Gasteiger partial charge in [-0.2, -0.15) is 0 Å². The maximum atomic E-state index is 12.7. The smallest absolute Gasteiger partial charge is 0.171 e. The van der Waals surface area contributed by atoms with Gasteiger partial charge in [-0.1, -0.05) is 36.4 Å². The predicted molar refractivity (Wildman–Crippen MR) is 80.9 cm³/mol. The van der Waals surface area contributed by atoms with E-state index in [4.69, 9.17) is 0 Å². The summed E-state index contributed by atoms with van der Waals surface area (Å²) in [5, 5.41) is 0. The highest BCUT2D eigenvalue weighted by Gasteiger charge is 2.22. The Bertz CT molecular complexity index is 537. The lowest BCUT2D eigenvalue weighted by Crippen LogP contribution is -2.21. The van der Waals surface area contributed by atoms with Crippen molar-refractivity contribution in [3.8, 4) is 0 Å². The zero-order valence-corrected chi connectivity index (χ0v) is 12.0. The van der Waals surface area contributed by atoms with Gasteiger partial charge in [-0.25, -0.2) is 0 Å². The van der Waals surface area contributed by atoms with E-state index in [1.807, 2.05) is 62.6 Å². The topological polar surface area (TPSA) is 33.2 Å². The minimum atomic E-state index is -0.180. The van der Waals surface area contributed by atoms with Crippen molar-refractivity contribution in [3.63, 3.8) is 0 Å². The van der Waals surface area contributed by atoms with Gasteiger partial charge in [-0.3, -0.25) is 9.78 Å². The van der Waals surface area contributed by atoms with E-state index in [9.17, 15) is 4.79 Å². The lowest BCUT2D eigenvalue weighted by molar-refractivity contribution is 0.0949. The molecule has 0 fully saturated rings. The highest BCUT2D eigenvalue weighted by Crippen LogP contribution is 2.22. The molecule has 0 saturated heterocycles. The van der Waals surface area contributed by atoms with Crippen LogP contribution < -0.4 is 0 Å². The molecule has 0 aliphatic rings. The summed E-state index contributed by atoms with van der Waals surface area (Å²) in [6.45, 7) is 0.861. The summed E-state index contributed by atoms with van der Waals surface area (Å²) in [4.78, 5) is 19.2. The van der Waals surface area contributed by atoms with E-state index in [-0.39, 0.29) is 11.7 Å². The summed E-state index contributed by atoms with van der Waals surface area (Å²) >= 11 is 0. The minimum absolute atomic E-state index is 0.145. The summed E-state index contributed by atoms with van der Waals surface area (Å²) in [5.74, 6) is -0.0350. The Kier molecular flexibility index (Phi) is 5.02. The molecule has 104 valence electrons. The molecule has 1 heterocycles. The van der Waals surface area contributed by atoms with Gasteiger partial charge in [0.05, 0.1) is 11.6 Å². The van der Waals surface area contributed by atoms with Gasteiger partial charge >= 0.3 is 0 Å². The molecule has 1 aromatic carbocycles. The number of hydrogen-bond donors (Lipinski definition) is 0. The molecular weight excluding hydrogens is 248 g/mol. The zero-order chi connectivity index (χ0) is 14.4. The number of carbonyl (C=O) groups excluding carboxylic acids is 1. The Morgan fingerprint density at radius 3 is 2.40 bits per heavy atom. The van der Waals surface area contributed by atoms with Crippen molar-refractivity contribution in [1.82, 2.24) is 9.88 Å². The molecule has 0 aliphatic heterocycles. The number of carbonyl (C=O) groups is 1. The average Bonchev–Trinajstić information content (AvgIpc) is 2.49. The first kappa shape index (κ1) is 14.4. The summed E-state index contributed by atoms with van der Waals surface area (Å²) in [6, 6.07) is 15.2. The van der Waals surface area contributed by atoms with Crippen molar-refractivity contribution in [2.75, 3.05) is 20.6 Å². The van der Waals surface area contributed by atoms with Crippen LogP contribution in [0.4, 0.5) is 0 Å². The van der Waals surface area contributed by atoms with E-state index in [0.717, 1.165) is 24.2 Å². The average molecular weight is 268 g/mol. The summed E-state index contributed by atoms with van der Waals surface area (Å²) < 4.78 is 0. The number of rotatable bonds is 6. The molecule has 0 radical (unpaired) electrons. The van der Waals surface area contributed by atoms with Crippen LogP contribution in [0, 0.1) is 0 Å². The van der Waals surface area contributed by atoms with Crippen molar-refractivity contribution in [2.24, 2.45) is 0 Å². The molecule has 20 heavy (non-hydrogen) atoms. The number of pyridine rings is 1. The van der Waals surface area contributed by atoms with Gasteiger partial charge in [-0.05, 0) is 39.2 Å². The normalized spacial score (nSPS) is 12.3. The van der Waals surface area contributed by atoms with E-state index in [1.165, 1.54) is 0 Å². The zero-order valence-electron chi connectivity index (χ0n) is 12.0. The molecule has 0 aliphatic carbocycles. The van der Waals surface area contributed by atoms with Crippen molar-refractivity contribution >= 4 is 5.78 Å². The summed E-state index contributed by atoms with van der Waals surface area (Å²) in [5.41, 5.74) is 1.60. The molecule has 0 unspecified atom stereocenters. The number of nitrogens with zero attached hydrogens (tertiary/aromatic N) is 2. The van der Waals surface area contributed by atoms with Crippen LogP contribution in [-0.2, 0) is 0 Å². The van der Waals surface area contributed by atoms with E-state index < -0.39 is 0 Å². The second kappa shape index (κ2) is 6.96. The molecule has 0 spiro atoms. The number of benzene rings is 1. The highest BCUT2D eigenvalue weighted by atomic mass is 16.1. The third kappa shape index (κ3) is 3.75. The molecule has 1 atom stereocenters. The van der Waals surface area contributed by atoms with Gasteiger partial charge < -0.3 is 4.90 Å². The maximum Gasteiger partial charge on any atom is 0.171 e.